The van der Waals surface area contributed by atoms with E-state index in [1.165, 1.54) is 5.56 Å². The van der Waals surface area contributed by atoms with E-state index >= 15 is 0 Å². The van der Waals surface area contributed by atoms with E-state index in [1.54, 1.807) is 26.6 Å². The highest BCUT2D eigenvalue weighted by atomic mass is 16.5. The molecule has 34 heavy (non-hydrogen) atoms. The minimum absolute atomic E-state index is 0.0364. The van der Waals surface area contributed by atoms with Crippen LogP contribution in [0.2, 0.25) is 0 Å². The van der Waals surface area contributed by atoms with Crippen molar-refractivity contribution in [2.45, 2.75) is 31.1 Å². The van der Waals surface area contributed by atoms with Gasteiger partial charge in [-0.3, -0.25) is 4.79 Å². The average molecular weight is 461 g/mol. The SMILES string of the molecule is CNC(=O)c1ccc(C(C)CN(C)c2cc(-c3ccc(C4(CO)CC4)cc3)ncn2)c(OC)c1. The Morgan fingerprint density at radius 3 is 2.53 bits per heavy atom. The number of ether oxygens (including phenoxy) is 1. The number of carbonyl (C=O) groups excluding carboxylic acids is 1. The van der Waals surface area contributed by atoms with Crippen molar-refractivity contribution in [2.24, 2.45) is 0 Å². The molecule has 1 amide bonds. The van der Waals surface area contributed by atoms with E-state index in [0.717, 1.165) is 35.5 Å². The van der Waals surface area contributed by atoms with Crippen molar-refractivity contribution in [1.82, 2.24) is 15.3 Å². The fourth-order valence-electron chi connectivity index (χ4n) is 4.40. The first-order chi connectivity index (χ1) is 16.4. The van der Waals surface area contributed by atoms with Crippen molar-refractivity contribution < 1.29 is 14.6 Å². The fourth-order valence-corrected chi connectivity index (χ4v) is 4.40. The Hall–Kier alpha value is -3.45. The summed E-state index contributed by atoms with van der Waals surface area (Å²) in [6, 6.07) is 15.9. The van der Waals surface area contributed by atoms with Crippen molar-refractivity contribution in [3.05, 3.63) is 71.5 Å². The molecule has 4 rings (SSSR count). The molecule has 1 atom stereocenters. The van der Waals surface area contributed by atoms with Crippen LogP contribution in [-0.4, -0.2) is 55.3 Å². The first-order valence-corrected chi connectivity index (χ1v) is 11.6. The van der Waals surface area contributed by atoms with Gasteiger partial charge in [-0.05, 0) is 36.1 Å². The molecule has 2 aromatic carbocycles. The van der Waals surface area contributed by atoms with Gasteiger partial charge in [-0.25, -0.2) is 9.97 Å². The first-order valence-electron chi connectivity index (χ1n) is 11.6. The van der Waals surface area contributed by atoms with Gasteiger partial charge in [0.25, 0.3) is 5.91 Å². The van der Waals surface area contributed by atoms with Gasteiger partial charge < -0.3 is 20.1 Å². The summed E-state index contributed by atoms with van der Waals surface area (Å²) in [7, 11) is 5.25. The lowest BCUT2D eigenvalue weighted by Gasteiger charge is -2.24. The number of amides is 1. The zero-order valence-corrected chi connectivity index (χ0v) is 20.2. The minimum atomic E-state index is -0.139. The van der Waals surface area contributed by atoms with Crippen LogP contribution in [0.15, 0.2) is 54.9 Å². The van der Waals surface area contributed by atoms with Crippen LogP contribution in [0.1, 0.15) is 47.2 Å². The molecule has 1 aliphatic carbocycles. The molecule has 7 heteroatoms. The topological polar surface area (TPSA) is 87.6 Å². The van der Waals surface area contributed by atoms with E-state index in [4.69, 9.17) is 4.74 Å². The van der Waals surface area contributed by atoms with Gasteiger partial charge in [0.2, 0.25) is 0 Å². The maximum atomic E-state index is 12.0. The second-order valence-electron chi connectivity index (χ2n) is 9.09. The van der Waals surface area contributed by atoms with Crippen LogP contribution < -0.4 is 15.0 Å². The van der Waals surface area contributed by atoms with Gasteiger partial charge in [0.1, 0.15) is 17.9 Å². The summed E-state index contributed by atoms with van der Waals surface area (Å²) < 4.78 is 5.57. The standard InChI is InChI=1S/C27H32N4O3/c1-18(22-10-7-20(26(33)28-2)13-24(22)34-4)15-31(3)25-14-23(29-17-30-25)19-5-8-21(9-6-19)27(16-32)11-12-27/h5-10,13-14,17-18,32H,11-12,15-16H2,1-4H3,(H,28,33). The Kier molecular flexibility index (Phi) is 6.84. The molecule has 1 heterocycles. The van der Waals surface area contributed by atoms with Crippen LogP contribution in [0, 0.1) is 0 Å². The summed E-state index contributed by atoms with van der Waals surface area (Å²) in [6.45, 7) is 3.04. The molecule has 1 saturated carbocycles. The molecular formula is C27H32N4O3. The average Bonchev–Trinajstić information content (AvgIpc) is 3.69. The summed E-state index contributed by atoms with van der Waals surface area (Å²) in [5.74, 6) is 1.53. The molecule has 2 N–H and O–H groups in total. The monoisotopic (exact) mass is 460 g/mol. The molecule has 1 unspecified atom stereocenters. The maximum Gasteiger partial charge on any atom is 0.251 e. The van der Waals surface area contributed by atoms with E-state index in [2.05, 4.69) is 51.4 Å². The van der Waals surface area contributed by atoms with Crippen LogP contribution in [-0.2, 0) is 5.41 Å². The molecule has 0 bridgehead atoms. The van der Waals surface area contributed by atoms with Crippen molar-refractivity contribution in [3.8, 4) is 17.0 Å². The molecule has 1 fully saturated rings. The minimum Gasteiger partial charge on any atom is -0.496 e. The van der Waals surface area contributed by atoms with Crippen molar-refractivity contribution in [2.75, 3.05) is 39.3 Å². The predicted octanol–water partition coefficient (Wildman–Crippen LogP) is 3.78. The number of likely N-dealkylation sites (N-methyl/N-ethyl adjacent to an activating group) is 1. The Balaban J connectivity index is 1.49. The van der Waals surface area contributed by atoms with Crippen LogP contribution in [0.5, 0.6) is 5.75 Å². The Labute approximate surface area is 200 Å². The summed E-state index contributed by atoms with van der Waals surface area (Å²) in [5, 5.41) is 12.3. The number of nitrogens with zero attached hydrogens (tertiary/aromatic N) is 3. The Bertz CT molecular complexity index is 1160. The second kappa shape index (κ2) is 9.81. The van der Waals surface area contributed by atoms with Crippen molar-refractivity contribution in [3.63, 3.8) is 0 Å². The normalized spacial score (nSPS) is 14.9. The molecule has 1 aromatic heterocycles. The van der Waals surface area contributed by atoms with E-state index in [0.29, 0.717) is 17.9 Å². The highest BCUT2D eigenvalue weighted by Gasteiger charge is 2.43. The first kappa shape index (κ1) is 23.7. The molecule has 1 aliphatic rings. The van der Waals surface area contributed by atoms with Gasteiger partial charge in [-0.15, -0.1) is 0 Å². The Morgan fingerprint density at radius 2 is 1.91 bits per heavy atom. The summed E-state index contributed by atoms with van der Waals surface area (Å²) in [4.78, 5) is 23.0. The van der Waals surface area contributed by atoms with Crippen LogP contribution in [0.25, 0.3) is 11.3 Å². The number of hydrogen-bond donors (Lipinski definition) is 2. The van der Waals surface area contributed by atoms with Gasteiger partial charge >= 0.3 is 0 Å². The quantitative estimate of drug-likeness (QED) is 0.505. The van der Waals surface area contributed by atoms with E-state index < -0.39 is 0 Å². The third-order valence-corrected chi connectivity index (χ3v) is 6.79. The predicted molar refractivity (Wildman–Crippen MR) is 134 cm³/mol. The molecule has 7 nitrogen and oxygen atoms in total. The molecular weight excluding hydrogens is 428 g/mol. The van der Waals surface area contributed by atoms with Crippen molar-refractivity contribution in [1.29, 1.82) is 0 Å². The van der Waals surface area contributed by atoms with Gasteiger partial charge in [-0.1, -0.05) is 37.3 Å². The molecule has 0 aliphatic heterocycles. The second-order valence-corrected chi connectivity index (χ2v) is 9.09. The smallest absolute Gasteiger partial charge is 0.251 e. The van der Waals surface area contributed by atoms with E-state index in [-0.39, 0.29) is 23.8 Å². The lowest BCUT2D eigenvalue weighted by molar-refractivity contribution is 0.0962. The molecule has 0 radical (unpaired) electrons. The number of rotatable bonds is 9. The molecule has 3 aromatic rings. The highest BCUT2D eigenvalue weighted by molar-refractivity contribution is 5.94. The number of benzene rings is 2. The van der Waals surface area contributed by atoms with E-state index in [9.17, 15) is 9.90 Å². The maximum absolute atomic E-state index is 12.0. The van der Waals surface area contributed by atoms with Crippen LogP contribution in [0.3, 0.4) is 0 Å². The van der Waals surface area contributed by atoms with Gasteiger partial charge in [-0.2, -0.15) is 0 Å². The number of anilines is 1. The summed E-state index contributed by atoms with van der Waals surface area (Å²) >= 11 is 0. The van der Waals surface area contributed by atoms with Crippen LogP contribution in [0.4, 0.5) is 5.82 Å². The third kappa shape index (κ3) is 4.75. The molecule has 0 saturated heterocycles. The van der Waals surface area contributed by atoms with E-state index in [1.807, 2.05) is 25.2 Å². The lowest BCUT2D eigenvalue weighted by Crippen LogP contribution is -2.24. The third-order valence-electron chi connectivity index (χ3n) is 6.79. The number of aromatic nitrogens is 2. The largest absolute Gasteiger partial charge is 0.496 e. The molecule has 0 spiro atoms. The number of methoxy groups -OCH3 is 1. The number of aliphatic hydroxyl groups is 1. The van der Waals surface area contributed by atoms with Gasteiger partial charge in [0, 0.05) is 49.2 Å². The molecule has 178 valence electrons. The van der Waals surface area contributed by atoms with Gasteiger partial charge in [0.05, 0.1) is 19.4 Å². The number of hydrogen-bond acceptors (Lipinski definition) is 6. The number of aliphatic hydroxyl groups excluding tert-OH is 1. The van der Waals surface area contributed by atoms with Gasteiger partial charge in [0.15, 0.2) is 0 Å². The fraction of sp³-hybridized carbons (Fsp3) is 0.370. The number of nitrogens with one attached hydrogen (secondary N) is 1. The lowest BCUT2D eigenvalue weighted by atomic mass is 9.95. The van der Waals surface area contributed by atoms with Crippen molar-refractivity contribution >= 4 is 11.7 Å². The Morgan fingerprint density at radius 1 is 1.18 bits per heavy atom. The number of carbonyl (C=O) groups is 1. The van der Waals surface area contributed by atoms with Crippen LogP contribution >= 0.6 is 0 Å². The summed E-state index contributed by atoms with van der Waals surface area (Å²) in [6.07, 6.45) is 3.68. The summed E-state index contributed by atoms with van der Waals surface area (Å²) in [5.41, 5.74) is 4.64. The zero-order valence-electron chi connectivity index (χ0n) is 20.2. The highest BCUT2D eigenvalue weighted by Crippen LogP contribution is 2.47. The zero-order chi connectivity index (χ0) is 24.3.